The number of rotatable bonds is 3. The minimum absolute atomic E-state index is 0.121. The zero-order chi connectivity index (χ0) is 13.8. The molecule has 1 aromatic carbocycles. The number of carbonyl (C=O) groups is 1. The van der Waals surface area contributed by atoms with Gasteiger partial charge in [-0.05, 0) is 79.6 Å². The Kier molecular flexibility index (Phi) is 5.04. The monoisotopic (exact) mass is 374 g/mol. The van der Waals surface area contributed by atoms with E-state index in [2.05, 4.69) is 10.6 Å². The van der Waals surface area contributed by atoms with Gasteiger partial charge < -0.3 is 15.7 Å². The number of phenolic OH excluding ortho intramolecular Hbond substituents is 1. The largest absolute Gasteiger partial charge is 0.507 e. The molecule has 5 heteroatoms. The summed E-state index contributed by atoms with van der Waals surface area (Å²) < 4.78 is 0.749. The minimum atomic E-state index is -0.121. The molecule has 1 saturated heterocycles. The third-order valence-corrected chi connectivity index (χ3v) is 4.52. The fourth-order valence-corrected chi connectivity index (χ4v) is 2.70. The molecule has 0 bridgehead atoms. The van der Waals surface area contributed by atoms with Crippen molar-refractivity contribution >= 4 is 28.5 Å². The van der Waals surface area contributed by atoms with Crippen LogP contribution in [0.2, 0.25) is 0 Å². The smallest absolute Gasteiger partial charge is 0.251 e. The molecule has 4 nitrogen and oxygen atoms in total. The zero-order valence-corrected chi connectivity index (χ0v) is 13.1. The Morgan fingerprint density at radius 1 is 1.58 bits per heavy atom. The van der Waals surface area contributed by atoms with Gasteiger partial charge in [-0.1, -0.05) is 0 Å². The average Bonchev–Trinajstić information content (AvgIpc) is 2.42. The maximum atomic E-state index is 12.1. The Labute approximate surface area is 127 Å². The van der Waals surface area contributed by atoms with Crippen molar-refractivity contribution in [2.45, 2.75) is 25.8 Å². The first kappa shape index (κ1) is 14.6. The number of benzene rings is 1. The summed E-state index contributed by atoms with van der Waals surface area (Å²) >= 11 is 2.04. The summed E-state index contributed by atoms with van der Waals surface area (Å²) in [6, 6.07) is 5.14. The predicted molar refractivity (Wildman–Crippen MR) is 83.3 cm³/mol. The van der Waals surface area contributed by atoms with Crippen molar-refractivity contribution in [3.05, 3.63) is 27.3 Å². The summed E-state index contributed by atoms with van der Waals surface area (Å²) in [5.41, 5.74) is 0.508. The number of piperidine rings is 1. The van der Waals surface area contributed by atoms with Gasteiger partial charge in [0.2, 0.25) is 0 Å². The Balaban J connectivity index is 1.97. The molecule has 0 aromatic heterocycles. The molecule has 3 N–H and O–H groups in total. The van der Waals surface area contributed by atoms with E-state index in [1.807, 2.05) is 29.5 Å². The number of nitrogens with one attached hydrogen (secondary N) is 2. The van der Waals surface area contributed by atoms with Crippen LogP contribution in [-0.4, -0.2) is 30.1 Å². The van der Waals surface area contributed by atoms with Gasteiger partial charge in [0.1, 0.15) is 5.75 Å². The van der Waals surface area contributed by atoms with Crippen molar-refractivity contribution in [2.75, 3.05) is 13.1 Å². The molecule has 2 rings (SSSR count). The Hall–Kier alpha value is -0.820. The van der Waals surface area contributed by atoms with Gasteiger partial charge in [0.25, 0.3) is 5.91 Å². The number of amides is 1. The van der Waals surface area contributed by atoms with E-state index in [0.717, 1.165) is 29.5 Å². The summed E-state index contributed by atoms with van der Waals surface area (Å²) in [6.07, 6.45) is 2.31. The van der Waals surface area contributed by atoms with Crippen molar-refractivity contribution in [3.63, 3.8) is 0 Å². The second-order valence-corrected chi connectivity index (χ2v) is 6.20. The predicted octanol–water partition coefficient (Wildman–Crippen LogP) is 2.11. The number of phenols is 1. The number of carbonyl (C=O) groups excluding carboxylic acids is 1. The summed E-state index contributed by atoms with van der Waals surface area (Å²) in [5.74, 6) is 0.514. The van der Waals surface area contributed by atoms with Crippen LogP contribution >= 0.6 is 22.6 Å². The average molecular weight is 374 g/mol. The van der Waals surface area contributed by atoms with Gasteiger partial charge in [-0.3, -0.25) is 4.79 Å². The van der Waals surface area contributed by atoms with E-state index >= 15 is 0 Å². The fraction of sp³-hybridized carbons (Fsp3) is 0.500. The Bertz CT molecular complexity index is 459. The molecule has 1 amide bonds. The van der Waals surface area contributed by atoms with E-state index in [-0.39, 0.29) is 17.7 Å². The van der Waals surface area contributed by atoms with Crippen LogP contribution in [0.4, 0.5) is 0 Å². The fourth-order valence-electron chi connectivity index (χ4n) is 2.37. The molecule has 1 heterocycles. The molecule has 0 radical (unpaired) electrons. The molecule has 1 fully saturated rings. The molecule has 0 aliphatic carbocycles. The van der Waals surface area contributed by atoms with Crippen LogP contribution in [-0.2, 0) is 0 Å². The summed E-state index contributed by atoms with van der Waals surface area (Å²) in [6.45, 7) is 4.07. The second-order valence-electron chi connectivity index (χ2n) is 5.03. The maximum Gasteiger partial charge on any atom is 0.251 e. The first-order chi connectivity index (χ1) is 9.08. The number of hydrogen-bond donors (Lipinski definition) is 3. The highest BCUT2D eigenvalue weighted by molar-refractivity contribution is 14.1. The van der Waals surface area contributed by atoms with Crippen molar-refractivity contribution in [1.82, 2.24) is 10.6 Å². The van der Waals surface area contributed by atoms with Gasteiger partial charge >= 0.3 is 0 Å². The van der Waals surface area contributed by atoms with Crippen LogP contribution < -0.4 is 10.6 Å². The molecular weight excluding hydrogens is 355 g/mol. The molecule has 2 atom stereocenters. The summed E-state index contributed by atoms with van der Waals surface area (Å²) in [5, 5.41) is 16.0. The topological polar surface area (TPSA) is 61.4 Å². The van der Waals surface area contributed by atoms with Gasteiger partial charge in [0, 0.05) is 11.6 Å². The Morgan fingerprint density at radius 2 is 2.37 bits per heavy atom. The SMILES string of the molecule is CC(NC(=O)c1ccc(I)c(O)c1)C1CCCNC1. The normalized spacial score (nSPS) is 20.8. The van der Waals surface area contributed by atoms with Crippen LogP contribution in [0.5, 0.6) is 5.75 Å². The first-order valence-electron chi connectivity index (χ1n) is 6.58. The van der Waals surface area contributed by atoms with Crippen molar-refractivity contribution in [1.29, 1.82) is 0 Å². The highest BCUT2D eigenvalue weighted by Gasteiger charge is 2.21. The van der Waals surface area contributed by atoms with Gasteiger partial charge in [-0.15, -0.1) is 0 Å². The molecular formula is C14H19IN2O2. The van der Waals surface area contributed by atoms with Crippen molar-refractivity contribution in [2.24, 2.45) is 5.92 Å². The van der Waals surface area contributed by atoms with Crippen LogP contribution in [0, 0.1) is 9.49 Å². The molecule has 1 aliphatic rings. The molecule has 0 spiro atoms. The van der Waals surface area contributed by atoms with Gasteiger partial charge in [-0.2, -0.15) is 0 Å². The standard InChI is InChI=1S/C14H19IN2O2/c1-9(11-3-2-6-16-8-11)17-14(19)10-4-5-12(15)13(18)7-10/h4-5,7,9,11,16,18H,2-3,6,8H2,1H3,(H,17,19). The van der Waals surface area contributed by atoms with Gasteiger partial charge in [0.05, 0.1) is 3.57 Å². The van der Waals surface area contributed by atoms with E-state index in [1.54, 1.807) is 12.1 Å². The lowest BCUT2D eigenvalue weighted by Crippen LogP contribution is -2.44. The molecule has 1 aliphatic heterocycles. The highest BCUT2D eigenvalue weighted by Crippen LogP contribution is 2.21. The third kappa shape index (κ3) is 3.82. The third-order valence-electron chi connectivity index (χ3n) is 3.61. The zero-order valence-electron chi connectivity index (χ0n) is 10.9. The summed E-state index contributed by atoms with van der Waals surface area (Å²) in [4.78, 5) is 12.1. The number of halogens is 1. The molecule has 104 valence electrons. The van der Waals surface area contributed by atoms with Crippen LogP contribution in [0.15, 0.2) is 18.2 Å². The first-order valence-corrected chi connectivity index (χ1v) is 7.66. The van der Waals surface area contributed by atoms with Crippen molar-refractivity contribution in [3.8, 4) is 5.75 Å². The van der Waals surface area contributed by atoms with Crippen LogP contribution in [0.25, 0.3) is 0 Å². The van der Waals surface area contributed by atoms with E-state index in [4.69, 9.17) is 0 Å². The lowest BCUT2D eigenvalue weighted by atomic mass is 9.92. The summed E-state index contributed by atoms with van der Waals surface area (Å²) in [7, 11) is 0. The van der Waals surface area contributed by atoms with E-state index in [1.165, 1.54) is 6.07 Å². The molecule has 0 saturated carbocycles. The van der Waals surface area contributed by atoms with Gasteiger partial charge in [-0.25, -0.2) is 0 Å². The van der Waals surface area contributed by atoms with Crippen molar-refractivity contribution < 1.29 is 9.90 Å². The lowest BCUT2D eigenvalue weighted by Gasteiger charge is -2.29. The van der Waals surface area contributed by atoms with E-state index in [0.29, 0.717) is 11.5 Å². The number of hydrogen-bond acceptors (Lipinski definition) is 3. The molecule has 2 unspecified atom stereocenters. The van der Waals surface area contributed by atoms with E-state index < -0.39 is 0 Å². The molecule has 1 aromatic rings. The lowest BCUT2D eigenvalue weighted by molar-refractivity contribution is 0.0921. The minimum Gasteiger partial charge on any atom is -0.507 e. The van der Waals surface area contributed by atoms with E-state index in [9.17, 15) is 9.90 Å². The Morgan fingerprint density at radius 3 is 3.00 bits per heavy atom. The van der Waals surface area contributed by atoms with Crippen LogP contribution in [0.1, 0.15) is 30.1 Å². The molecule has 19 heavy (non-hydrogen) atoms. The van der Waals surface area contributed by atoms with Gasteiger partial charge in [0.15, 0.2) is 0 Å². The van der Waals surface area contributed by atoms with Crippen LogP contribution in [0.3, 0.4) is 0 Å². The quantitative estimate of drug-likeness (QED) is 0.711. The second kappa shape index (κ2) is 6.56. The maximum absolute atomic E-state index is 12.1. The highest BCUT2D eigenvalue weighted by atomic mass is 127. The number of aromatic hydroxyl groups is 1.